The lowest BCUT2D eigenvalue weighted by Gasteiger charge is -2.42. The number of methoxy groups -OCH3 is 2. The molecule has 0 radical (unpaired) electrons. The number of carbonyl (C=O) groups excluding carboxylic acids is 1. The van der Waals surface area contributed by atoms with Crippen LogP contribution in [0.3, 0.4) is 0 Å². The Morgan fingerprint density at radius 3 is 2.73 bits per heavy atom. The summed E-state index contributed by atoms with van der Waals surface area (Å²) < 4.78 is 16.3. The number of hydrogen-bond donors (Lipinski definition) is 0. The number of ether oxygens (including phenoxy) is 3. The van der Waals surface area contributed by atoms with E-state index in [1.807, 2.05) is 43.0 Å². The number of nitrogens with zero attached hydrogens (tertiary/aromatic N) is 1. The van der Waals surface area contributed by atoms with Crippen LogP contribution in [0.25, 0.3) is 0 Å². The van der Waals surface area contributed by atoms with Crippen molar-refractivity contribution in [1.29, 1.82) is 0 Å². The Bertz CT molecular complexity index is 515. The number of hydrogen-bond acceptors (Lipinski definition) is 4. The van der Waals surface area contributed by atoms with Crippen molar-refractivity contribution in [3.8, 4) is 0 Å². The van der Waals surface area contributed by atoms with Gasteiger partial charge in [0.1, 0.15) is 0 Å². The molecule has 1 amide bonds. The first-order valence-electron chi connectivity index (χ1n) is 7.49. The van der Waals surface area contributed by atoms with E-state index in [9.17, 15) is 4.79 Å². The zero-order valence-corrected chi connectivity index (χ0v) is 13.8. The van der Waals surface area contributed by atoms with Crippen LogP contribution in [0, 0.1) is 0 Å². The van der Waals surface area contributed by atoms with Gasteiger partial charge in [-0.25, -0.2) is 0 Å². The highest BCUT2D eigenvalue weighted by Gasteiger charge is 2.36. The van der Waals surface area contributed by atoms with Crippen molar-refractivity contribution in [3.05, 3.63) is 35.4 Å². The Labute approximate surface area is 132 Å². The van der Waals surface area contributed by atoms with Gasteiger partial charge in [-0.2, -0.15) is 0 Å². The molecule has 0 N–H and O–H groups in total. The van der Waals surface area contributed by atoms with Gasteiger partial charge in [-0.3, -0.25) is 4.79 Å². The maximum Gasteiger partial charge on any atom is 0.254 e. The number of carbonyl (C=O) groups is 1. The topological polar surface area (TPSA) is 48.0 Å². The van der Waals surface area contributed by atoms with Gasteiger partial charge in [0.15, 0.2) is 0 Å². The summed E-state index contributed by atoms with van der Waals surface area (Å²) in [5.74, 6) is 0.0186. The molecule has 1 aromatic carbocycles. The molecular formula is C17H25NO4. The van der Waals surface area contributed by atoms with E-state index in [0.29, 0.717) is 31.9 Å². The molecule has 2 rings (SSSR count). The Hall–Kier alpha value is -1.43. The average Bonchev–Trinajstić information content (AvgIpc) is 2.46. The van der Waals surface area contributed by atoms with Gasteiger partial charge in [0.2, 0.25) is 0 Å². The van der Waals surface area contributed by atoms with Gasteiger partial charge in [-0.05, 0) is 25.5 Å². The molecule has 0 saturated carbocycles. The van der Waals surface area contributed by atoms with E-state index >= 15 is 0 Å². The van der Waals surface area contributed by atoms with Crippen LogP contribution in [0.1, 0.15) is 29.8 Å². The van der Waals surface area contributed by atoms with Crippen LogP contribution in [0.2, 0.25) is 0 Å². The third-order valence-corrected chi connectivity index (χ3v) is 3.67. The van der Waals surface area contributed by atoms with Crippen molar-refractivity contribution >= 4 is 5.91 Å². The van der Waals surface area contributed by atoms with E-state index in [0.717, 1.165) is 5.56 Å². The number of amides is 1. The highest BCUT2D eigenvalue weighted by atomic mass is 16.5. The summed E-state index contributed by atoms with van der Waals surface area (Å²) in [6, 6.07) is 7.58. The first-order chi connectivity index (χ1) is 10.5. The lowest BCUT2D eigenvalue weighted by Crippen LogP contribution is -2.55. The van der Waals surface area contributed by atoms with Crippen molar-refractivity contribution in [2.75, 3.05) is 33.9 Å². The van der Waals surface area contributed by atoms with Crippen molar-refractivity contribution in [2.45, 2.75) is 32.2 Å². The molecule has 0 spiro atoms. The highest BCUT2D eigenvalue weighted by Crippen LogP contribution is 2.24. The van der Waals surface area contributed by atoms with Crippen LogP contribution in [0.5, 0.6) is 0 Å². The Kier molecular flexibility index (Phi) is 5.56. The fraction of sp³-hybridized carbons (Fsp3) is 0.588. The smallest absolute Gasteiger partial charge is 0.254 e. The van der Waals surface area contributed by atoms with Crippen LogP contribution in [0.15, 0.2) is 24.3 Å². The third-order valence-electron chi connectivity index (χ3n) is 3.67. The van der Waals surface area contributed by atoms with Crippen molar-refractivity contribution in [3.63, 3.8) is 0 Å². The largest absolute Gasteiger partial charge is 0.382 e. The van der Waals surface area contributed by atoms with Crippen molar-refractivity contribution < 1.29 is 19.0 Å². The molecule has 0 aromatic heterocycles. The second-order valence-corrected chi connectivity index (χ2v) is 6.23. The normalized spacial score (nSPS) is 20.9. The third kappa shape index (κ3) is 4.06. The predicted octanol–water partition coefficient (Wildman–Crippen LogP) is 2.10. The molecule has 122 valence electrons. The monoisotopic (exact) mass is 307 g/mol. The summed E-state index contributed by atoms with van der Waals surface area (Å²) in [7, 11) is 3.28. The molecule has 0 aliphatic carbocycles. The van der Waals surface area contributed by atoms with Crippen molar-refractivity contribution in [1.82, 2.24) is 4.90 Å². The van der Waals surface area contributed by atoms with Gasteiger partial charge in [0.25, 0.3) is 5.91 Å². The first kappa shape index (κ1) is 16.9. The summed E-state index contributed by atoms with van der Waals surface area (Å²) in [5, 5.41) is 0. The molecule has 1 aliphatic rings. The fourth-order valence-electron chi connectivity index (χ4n) is 2.90. The van der Waals surface area contributed by atoms with Crippen LogP contribution in [-0.2, 0) is 20.8 Å². The molecule has 0 bridgehead atoms. The first-order valence-corrected chi connectivity index (χ1v) is 7.49. The number of morpholine rings is 1. The second-order valence-electron chi connectivity index (χ2n) is 6.23. The average molecular weight is 307 g/mol. The SMILES string of the molecule is COCc1ccccc1C(=O)N1CC(COC)OC(C)(C)C1. The van der Waals surface area contributed by atoms with E-state index < -0.39 is 0 Å². The zero-order chi connectivity index (χ0) is 16.2. The summed E-state index contributed by atoms with van der Waals surface area (Å²) in [4.78, 5) is 14.8. The van der Waals surface area contributed by atoms with E-state index in [-0.39, 0.29) is 17.6 Å². The van der Waals surface area contributed by atoms with Crippen LogP contribution in [0.4, 0.5) is 0 Å². The molecule has 1 unspecified atom stereocenters. The summed E-state index contributed by atoms with van der Waals surface area (Å²) >= 11 is 0. The molecular weight excluding hydrogens is 282 g/mol. The molecule has 22 heavy (non-hydrogen) atoms. The minimum atomic E-state index is -0.382. The molecule has 1 saturated heterocycles. The van der Waals surface area contributed by atoms with Gasteiger partial charge in [0.05, 0.1) is 24.9 Å². The quantitative estimate of drug-likeness (QED) is 0.836. The maximum absolute atomic E-state index is 12.9. The molecule has 5 heteroatoms. The number of rotatable bonds is 5. The molecule has 1 atom stereocenters. The van der Waals surface area contributed by atoms with Gasteiger partial charge >= 0.3 is 0 Å². The maximum atomic E-state index is 12.9. The highest BCUT2D eigenvalue weighted by molar-refractivity contribution is 5.95. The van der Waals surface area contributed by atoms with Crippen molar-refractivity contribution in [2.24, 2.45) is 0 Å². The van der Waals surface area contributed by atoms with Gasteiger partial charge < -0.3 is 19.1 Å². The van der Waals surface area contributed by atoms with E-state index in [4.69, 9.17) is 14.2 Å². The van der Waals surface area contributed by atoms with Crippen LogP contribution >= 0.6 is 0 Å². The Balaban J connectivity index is 2.21. The molecule has 1 aliphatic heterocycles. The lowest BCUT2D eigenvalue weighted by atomic mass is 10.0. The molecule has 1 fully saturated rings. The minimum Gasteiger partial charge on any atom is -0.382 e. The zero-order valence-electron chi connectivity index (χ0n) is 13.8. The summed E-state index contributed by atoms with van der Waals surface area (Å²) in [6.45, 7) is 6.00. The van der Waals surface area contributed by atoms with E-state index in [1.165, 1.54) is 0 Å². The van der Waals surface area contributed by atoms with Gasteiger partial charge in [0, 0.05) is 32.9 Å². The predicted molar refractivity (Wildman–Crippen MR) is 83.9 cm³/mol. The molecule has 5 nitrogen and oxygen atoms in total. The standard InChI is InChI=1S/C17H25NO4/c1-17(2)12-18(9-14(22-17)11-21-4)16(19)15-8-6-5-7-13(15)10-20-3/h5-8,14H,9-12H2,1-4H3. The van der Waals surface area contributed by atoms with Gasteiger partial charge in [-0.1, -0.05) is 18.2 Å². The summed E-state index contributed by atoms with van der Waals surface area (Å²) in [6.07, 6.45) is -0.104. The Morgan fingerprint density at radius 1 is 1.32 bits per heavy atom. The second kappa shape index (κ2) is 7.22. The van der Waals surface area contributed by atoms with E-state index in [2.05, 4.69) is 0 Å². The molecule has 1 heterocycles. The summed E-state index contributed by atoms with van der Waals surface area (Å²) in [5.41, 5.74) is 1.22. The van der Waals surface area contributed by atoms with Gasteiger partial charge in [-0.15, -0.1) is 0 Å². The lowest BCUT2D eigenvalue weighted by molar-refractivity contribution is -0.143. The number of benzene rings is 1. The minimum absolute atomic E-state index is 0.0186. The van der Waals surface area contributed by atoms with E-state index in [1.54, 1.807) is 14.2 Å². The van der Waals surface area contributed by atoms with Crippen LogP contribution < -0.4 is 0 Å². The molecule has 1 aromatic rings. The van der Waals surface area contributed by atoms with Crippen LogP contribution in [-0.4, -0.2) is 56.4 Å². The Morgan fingerprint density at radius 2 is 2.05 bits per heavy atom. The fourth-order valence-corrected chi connectivity index (χ4v) is 2.90.